The van der Waals surface area contributed by atoms with Crippen molar-refractivity contribution >= 4 is 21.9 Å². The highest BCUT2D eigenvalue weighted by atomic mass is 32.2. The molecule has 12 nitrogen and oxygen atoms in total. The molecule has 0 saturated heterocycles. The SMILES string of the molecule is COc1cc(OC)nc(NCNS(=O)(=O)c2ncccc2C2=NOCCO2)n1. The fourth-order valence-electron chi connectivity index (χ4n) is 2.17. The normalized spacial score (nSPS) is 13.7. The van der Waals surface area contributed by atoms with Gasteiger partial charge >= 0.3 is 0 Å². The Hall–Kier alpha value is -3.19. The number of sulfonamides is 1. The van der Waals surface area contributed by atoms with E-state index in [0.717, 1.165) is 0 Å². The van der Waals surface area contributed by atoms with E-state index >= 15 is 0 Å². The second-order valence-electron chi connectivity index (χ2n) is 5.21. The molecule has 1 aliphatic rings. The van der Waals surface area contributed by atoms with Crippen LogP contribution in [0.3, 0.4) is 0 Å². The van der Waals surface area contributed by atoms with Crippen LogP contribution in [0.25, 0.3) is 0 Å². The maximum absolute atomic E-state index is 12.7. The number of methoxy groups -OCH3 is 2. The minimum absolute atomic E-state index is 0.0496. The molecule has 28 heavy (non-hydrogen) atoms. The van der Waals surface area contributed by atoms with E-state index in [4.69, 9.17) is 19.0 Å². The Kier molecular flexibility index (Phi) is 6.06. The van der Waals surface area contributed by atoms with Crippen molar-refractivity contribution in [3.63, 3.8) is 0 Å². The van der Waals surface area contributed by atoms with Gasteiger partial charge in [-0.25, -0.2) is 13.4 Å². The summed E-state index contributed by atoms with van der Waals surface area (Å²) in [5, 5.41) is 6.23. The third-order valence-corrected chi connectivity index (χ3v) is 4.78. The number of aromatic nitrogens is 3. The highest BCUT2D eigenvalue weighted by Crippen LogP contribution is 2.18. The Labute approximate surface area is 160 Å². The molecule has 3 rings (SSSR count). The predicted molar refractivity (Wildman–Crippen MR) is 96.6 cm³/mol. The van der Waals surface area contributed by atoms with Gasteiger partial charge in [0, 0.05) is 6.20 Å². The van der Waals surface area contributed by atoms with Crippen molar-refractivity contribution in [3.05, 3.63) is 30.0 Å². The Bertz CT molecular complexity index is 945. The first-order chi connectivity index (χ1) is 13.5. The van der Waals surface area contributed by atoms with Crippen LogP contribution in [0.2, 0.25) is 0 Å². The Morgan fingerprint density at radius 3 is 2.57 bits per heavy atom. The third kappa shape index (κ3) is 4.55. The average Bonchev–Trinajstić information content (AvgIpc) is 2.74. The highest BCUT2D eigenvalue weighted by molar-refractivity contribution is 7.89. The molecule has 0 saturated carbocycles. The van der Waals surface area contributed by atoms with E-state index in [2.05, 4.69) is 30.1 Å². The summed E-state index contributed by atoms with van der Waals surface area (Å²) in [6, 6.07) is 4.59. The quantitative estimate of drug-likeness (QED) is 0.568. The van der Waals surface area contributed by atoms with Crippen molar-refractivity contribution in [2.45, 2.75) is 5.03 Å². The highest BCUT2D eigenvalue weighted by Gasteiger charge is 2.25. The number of hydrogen-bond acceptors (Lipinski definition) is 11. The topological polar surface area (TPSA) is 146 Å². The van der Waals surface area contributed by atoms with Crippen LogP contribution < -0.4 is 19.5 Å². The summed E-state index contributed by atoms with van der Waals surface area (Å²) in [5.74, 6) is 0.690. The van der Waals surface area contributed by atoms with Crippen molar-refractivity contribution in [2.24, 2.45) is 5.16 Å². The van der Waals surface area contributed by atoms with Crippen LogP contribution in [-0.4, -0.2) is 63.4 Å². The lowest BCUT2D eigenvalue weighted by molar-refractivity contribution is 0.0653. The van der Waals surface area contributed by atoms with E-state index in [0.29, 0.717) is 0 Å². The molecule has 0 fully saturated rings. The molecule has 0 atom stereocenters. The summed E-state index contributed by atoms with van der Waals surface area (Å²) < 4.78 is 43.1. The fourth-order valence-corrected chi connectivity index (χ4v) is 3.21. The molecule has 150 valence electrons. The number of hydrogen-bond donors (Lipinski definition) is 2. The van der Waals surface area contributed by atoms with Gasteiger partial charge in [-0.3, -0.25) is 0 Å². The standard InChI is InChI=1S/C15H18N6O6S/c1-24-11-8-12(25-2)20-15(19-11)17-9-18-28(22,23)14-10(4-3-5-16-14)13-21-27-7-6-26-13/h3-5,8,18H,6-7,9H2,1-2H3,(H,17,19,20). The van der Waals surface area contributed by atoms with Crippen LogP contribution in [0.15, 0.2) is 34.6 Å². The second kappa shape index (κ2) is 8.67. The van der Waals surface area contributed by atoms with Gasteiger partial charge in [0.25, 0.3) is 15.9 Å². The number of nitrogens with zero attached hydrogens (tertiary/aromatic N) is 4. The monoisotopic (exact) mass is 410 g/mol. The van der Waals surface area contributed by atoms with Crippen LogP contribution in [0, 0.1) is 0 Å². The molecule has 2 aromatic heterocycles. The van der Waals surface area contributed by atoms with Gasteiger partial charge < -0.3 is 24.4 Å². The minimum atomic E-state index is -4.00. The van der Waals surface area contributed by atoms with Gasteiger partial charge in [0.2, 0.25) is 17.7 Å². The zero-order valence-electron chi connectivity index (χ0n) is 15.1. The molecule has 0 radical (unpaired) electrons. The molecular weight excluding hydrogens is 392 g/mol. The third-order valence-electron chi connectivity index (χ3n) is 3.42. The van der Waals surface area contributed by atoms with E-state index in [1.54, 1.807) is 6.07 Å². The first-order valence-corrected chi connectivity index (χ1v) is 9.50. The summed E-state index contributed by atoms with van der Waals surface area (Å²) in [6.07, 6.45) is 1.35. The van der Waals surface area contributed by atoms with Gasteiger partial charge in [0.15, 0.2) is 11.6 Å². The molecule has 13 heteroatoms. The number of rotatable bonds is 8. The van der Waals surface area contributed by atoms with Gasteiger partial charge in [0.05, 0.1) is 32.5 Å². The Balaban J connectivity index is 1.74. The summed E-state index contributed by atoms with van der Waals surface area (Å²) in [6.45, 7) is 0.341. The van der Waals surface area contributed by atoms with E-state index in [-0.39, 0.29) is 54.1 Å². The molecule has 0 spiro atoms. The van der Waals surface area contributed by atoms with Gasteiger partial charge in [-0.15, -0.1) is 0 Å². The predicted octanol–water partition coefficient (Wildman–Crippen LogP) is -0.0549. The van der Waals surface area contributed by atoms with Gasteiger partial charge in [-0.05, 0) is 17.3 Å². The lowest BCUT2D eigenvalue weighted by Crippen LogP contribution is -2.32. The molecule has 0 aromatic carbocycles. The first-order valence-electron chi connectivity index (χ1n) is 8.02. The zero-order chi connectivity index (χ0) is 20.0. The van der Waals surface area contributed by atoms with Crippen LogP contribution >= 0.6 is 0 Å². The average molecular weight is 410 g/mol. The van der Waals surface area contributed by atoms with Crippen molar-refractivity contribution in [2.75, 3.05) is 39.4 Å². The smallest absolute Gasteiger partial charge is 0.260 e. The molecule has 1 aliphatic heterocycles. The molecule has 0 aliphatic carbocycles. The minimum Gasteiger partial charge on any atom is -0.481 e. The van der Waals surface area contributed by atoms with Crippen LogP contribution in [-0.2, 0) is 19.6 Å². The molecule has 0 amide bonds. The van der Waals surface area contributed by atoms with Gasteiger partial charge in [-0.1, -0.05) is 0 Å². The van der Waals surface area contributed by atoms with Gasteiger partial charge in [-0.2, -0.15) is 14.7 Å². The van der Waals surface area contributed by atoms with E-state index in [9.17, 15) is 8.42 Å². The molecule has 2 N–H and O–H groups in total. The Morgan fingerprint density at radius 1 is 1.18 bits per heavy atom. The van der Waals surface area contributed by atoms with Crippen LogP contribution in [0.5, 0.6) is 11.8 Å². The van der Waals surface area contributed by atoms with E-state index in [1.165, 1.54) is 32.5 Å². The summed E-state index contributed by atoms with van der Waals surface area (Å²) in [5.41, 5.74) is 0.189. The number of ether oxygens (including phenoxy) is 3. The number of anilines is 1. The van der Waals surface area contributed by atoms with Gasteiger partial charge in [0.1, 0.15) is 6.61 Å². The molecular formula is C15H18N6O6S. The van der Waals surface area contributed by atoms with Crippen LogP contribution in [0.1, 0.15) is 5.56 Å². The first kappa shape index (κ1) is 19.6. The summed E-state index contributed by atoms with van der Waals surface area (Å²) in [4.78, 5) is 17.0. The van der Waals surface area contributed by atoms with E-state index in [1.807, 2.05) is 0 Å². The number of nitrogens with one attached hydrogen (secondary N) is 2. The Morgan fingerprint density at radius 2 is 1.93 bits per heavy atom. The maximum Gasteiger partial charge on any atom is 0.260 e. The van der Waals surface area contributed by atoms with Crippen molar-refractivity contribution < 1.29 is 27.5 Å². The van der Waals surface area contributed by atoms with Crippen molar-refractivity contribution in [1.82, 2.24) is 19.7 Å². The molecule has 0 bridgehead atoms. The number of pyridine rings is 1. The molecule has 0 unspecified atom stereocenters. The molecule has 2 aromatic rings. The zero-order valence-corrected chi connectivity index (χ0v) is 15.9. The lowest BCUT2D eigenvalue weighted by Gasteiger charge is -2.16. The fraction of sp³-hybridized carbons (Fsp3) is 0.333. The summed E-state index contributed by atoms with van der Waals surface area (Å²) >= 11 is 0. The maximum atomic E-state index is 12.7. The lowest BCUT2D eigenvalue weighted by atomic mass is 10.3. The number of oxime groups is 1. The van der Waals surface area contributed by atoms with Crippen LogP contribution in [0.4, 0.5) is 5.95 Å². The van der Waals surface area contributed by atoms with Crippen molar-refractivity contribution in [1.29, 1.82) is 0 Å². The van der Waals surface area contributed by atoms with E-state index < -0.39 is 10.0 Å². The largest absolute Gasteiger partial charge is 0.481 e. The molecule has 3 heterocycles. The second-order valence-corrected chi connectivity index (χ2v) is 6.89. The summed E-state index contributed by atoms with van der Waals surface area (Å²) in [7, 11) is -1.12. The van der Waals surface area contributed by atoms with Crippen molar-refractivity contribution in [3.8, 4) is 11.8 Å².